The van der Waals surface area contributed by atoms with Crippen LogP contribution in [0.5, 0.6) is 11.5 Å². The number of nitrogens with zero attached hydrogens (tertiary/aromatic N) is 1. The summed E-state index contributed by atoms with van der Waals surface area (Å²) in [7, 11) is 0. The Hall–Kier alpha value is -1.22. The van der Waals surface area contributed by atoms with Gasteiger partial charge in [0.25, 0.3) is 0 Å². The number of benzene rings is 1. The van der Waals surface area contributed by atoms with Gasteiger partial charge < -0.3 is 24.8 Å². The molecule has 1 aliphatic carbocycles. The third kappa shape index (κ3) is 3.72. The van der Waals surface area contributed by atoms with Crippen molar-refractivity contribution in [3.63, 3.8) is 0 Å². The van der Waals surface area contributed by atoms with E-state index < -0.39 is 0 Å². The standard InChI is InChI=1S/C20H27N3O3.HI/c1-2-21-19(23-15-10-14-4-6-16(15)26-14)22-11-20(7-8-20)13-3-5-17-18(9-13)25-12-24-17;/h3,5,9,14-16H,2,4,6-8,10-12H2,1H3,(H2,21,22,23);1H. The molecule has 3 aliphatic heterocycles. The lowest BCUT2D eigenvalue weighted by molar-refractivity contribution is 0.0992. The van der Waals surface area contributed by atoms with Gasteiger partial charge in [-0.3, -0.25) is 4.99 Å². The van der Waals surface area contributed by atoms with Crippen molar-refractivity contribution in [1.82, 2.24) is 10.6 Å². The summed E-state index contributed by atoms with van der Waals surface area (Å²) < 4.78 is 16.9. The van der Waals surface area contributed by atoms with E-state index in [2.05, 4.69) is 29.7 Å². The summed E-state index contributed by atoms with van der Waals surface area (Å²) in [6.07, 6.45) is 6.63. The highest BCUT2D eigenvalue weighted by molar-refractivity contribution is 14.0. The molecule has 0 amide bonds. The molecule has 1 aromatic carbocycles. The third-order valence-corrected chi connectivity index (χ3v) is 6.15. The Morgan fingerprint density at radius 1 is 1.22 bits per heavy atom. The van der Waals surface area contributed by atoms with Gasteiger partial charge in [-0.25, -0.2) is 0 Å². The van der Waals surface area contributed by atoms with E-state index in [0.717, 1.165) is 37.0 Å². The molecule has 3 heterocycles. The van der Waals surface area contributed by atoms with Gasteiger partial charge in [-0.2, -0.15) is 0 Å². The van der Waals surface area contributed by atoms with Gasteiger partial charge in [0.05, 0.1) is 24.8 Å². The van der Waals surface area contributed by atoms with Crippen molar-refractivity contribution in [3.8, 4) is 11.5 Å². The number of hydrogen-bond acceptors (Lipinski definition) is 4. The summed E-state index contributed by atoms with van der Waals surface area (Å²) in [5.41, 5.74) is 1.46. The Balaban J connectivity index is 0.00000180. The van der Waals surface area contributed by atoms with Crippen molar-refractivity contribution < 1.29 is 14.2 Å². The highest BCUT2D eigenvalue weighted by Gasteiger charge is 2.45. The molecule has 4 aliphatic rings. The first-order valence-electron chi connectivity index (χ1n) is 9.86. The van der Waals surface area contributed by atoms with Crippen LogP contribution in [0.1, 0.15) is 44.6 Å². The third-order valence-electron chi connectivity index (χ3n) is 6.15. The highest BCUT2D eigenvalue weighted by Crippen LogP contribution is 2.50. The second-order valence-electron chi connectivity index (χ2n) is 7.90. The number of ether oxygens (including phenoxy) is 3. The molecule has 1 saturated carbocycles. The second kappa shape index (κ2) is 7.66. The molecule has 3 unspecified atom stereocenters. The Morgan fingerprint density at radius 3 is 2.78 bits per heavy atom. The molecule has 5 rings (SSSR count). The lowest BCUT2D eigenvalue weighted by Gasteiger charge is -2.23. The number of nitrogens with one attached hydrogen (secondary N) is 2. The summed E-state index contributed by atoms with van der Waals surface area (Å²) in [5, 5.41) is 7.01. The van der Waals surface area contributed by atoms with Crippen LogP contribution in [0.3, 0.4) is 0 Å². The van der Waals surface area contributed by atoms with Crippen LogP contribution in [-0.2, 0) is 10.2 Å². The number of guanidine groups is 1. The van der Waals surface area contributed by atoms with Crippen LogP contribution in [0.15, 0.2) is 23.2 Å². The van der Waals surface area contributed by atoms with E-state index in [1.165, 1.54) is 31.2 Å². The van der Waals surface area contributed by atoms with Gasteiger partial charge in [-0.05, 0) is 56.7 Å². The van der Waals surface area contributed by atoms with Crippen LogP contribution in [0.4, 0.5) is 0 Å². The van der Waals surface area contributed by atoms with Crippen LogP contribution in [-0.4, -0.2) is 44.1 Å². The fourth-order valence-corrected chi connectivity index (χ4v) is 4.43. The zero-order chi connectivity index (χ0) is 17.6. The molecular weight excluding hydrogens is 457 g/mol. The molecule has 1 aromatic rings. The Kier molecular flexibility index (Phi) is 5.42. The van der Waals surface area contributed by atoms with Crippen molar-refractivity contribution in [3.05, 3.63) is 23.8 Å². The quantitative estimate of drug-likeness (QED) is 0.382. The van der Waals surface area contributed by atoms with Gasteiger partial charge in [0.1, 0.15) is 0 Å². The molecule has 2 saturated heterocycles. The van der Waals surface area contributed by atoms with Crippen molar-refractivity contribution in [2.75, 3.05) is 19.9 Å². The van der Waals surface area contributed by atoms with Crippen LogP contribution in [0, 0.1) is 0 Å². The van der Waals surface area contributed by atoms with E-state index in [4.69, 9.17) is 19.2 Å². The minimum absolute atomic E-state index is 0. The molecule has 7 heteroatoms. The van der Waals surface area contributed by atoms with Crippen molar-refractivity contribution in [2.24, 2.45) is 4.99 Å². The molecule has 148 valence electrons. The van der Waals surface area contributed by atoms with Crippen LogP contribution in [0.2, 0.25) is 0 Å². The van der Waals surface area contributed by atoms with E-state index in [-0.39, 0.29) is 29.4 Å². The SMILES string of the molecule is CCNC(=NCC1(c2ccc3c(c2)OCO3)CC1)NC1CC2CCC1O2.I. The summed E-state index contributed by atoms with van der Waals surface area (Å²) in [6, 6.07) is 6.72. The van der Waals surface area contributed by atoms with Gasteiger partial charge in [0.2, 0.25) is 6.79 Å². The molecule has 2 bridgehead atoms. The maximum Gasteiger partial charge on any atom is 0.231 e. The van der Waals surface area contributed by atoms with Crippen molar-refractivity contribution in [1.29, 1.82) is 0 Å². The molecule has 3 fully saturated rings. The first kappa shape index (κ1) is 19.1. The van der Waals surface area contributed by atoms with Crippen LogP contribution >= 0.6 is 24.0 Å². The average Bonchev–Trinajstić information content (AvgIpc) is 3.02. The number of hydrogen-bond donors (Lipinski definition) is 2. The number of fused-ring (bicyclic) bond motifs is 3. The Labute approximate surface area is 177 Å². The zero-order valence-electron chi connectivity index (χ0n) is 15.7. The van der Waals surface area contributed by atoms with Crippen LogP contribution in [0.25, 0.3) is 0 Å². The first-order valence-corrected chi connectivity index (χ1v) is 9.86. The monoisotopic (exact) mass is 485 g/mol. The minimum atomic E-state index is 0. The maximum atomic E-state index is 5.96. The predicted octanol–water partition coefficient (Wildman–Crippen LogP) is 2.94. The molecule has 0 aromatic heterocycles. The van der Waals surface area contributed by atoms with E-state index in [1.54, 1.807) is 0 Å². The molecule has 2 N–H and O–H groups in total. The molecule has 0 spiro atoms. The smallest absolute Gasteiger partial charge is 0.231 e. The molecule has 6 nitrogen and oxygen atoms in total. The van der Waals surface area contributed by atoms with Crippen LogP contribution < -0.4 is 20.1 Å². The fraction of sp³-hybridized carbons (Fsp3) is 0.650. The molecule has 3 atom stereocenters. The van der Waals surface area contributed by atoms with Gasteiger partial charge in [-0.1, -0.05) is 6.07 Å². The Morgan fingerprint density at radius 2 is 2.07 bits per heavy atom. The Bertz CT molecular complexity index is 722. The summed E-state index contributed by atoms with van der Waals surface area (Å²) in [5.74, 6) is 2.63. The summed E-state index contributed by atoms with van der Waals surface area (Å²) >= 11 is 0. The molecule has 0 radical (unpaired) electrons. The fourth-order valence-electron chi connectivity index (χ4n) is 4.43. The van der Waals surface area contributed by atoms with Gasteiger partial charge in [0, 0.05) is 12.0 Å². The maximum absolute atomic E-state index is 5.96. The zero-order valence-corrected chi connectivity index (χ0v) is 18.0. The number of halogens is 1. The number of rotatable bonds is 5. The van der Waals surface area contributed by atoms with Gasteiger partial charge in [-0.15, -0.1) is 24.0 Å². The van der Waals surface area contributed by atoms with Crippen molar-refractivity contribution in [2.45, 2.75) is 62.7 Å². The lowest BCUT2D eigenvalue weighted by atomic mass is 9.95. The van der Waals surface area contributed by atoms with E-state index in [1.807, 2.05) is 6.07 Å². The lowest BCUT2D eigenvalue weighted by Crippen LogP contribution is -2.47. The van der Waals surface area contributed by atoms with E-state index in [9.17, 15) is 0 Å². The largest absolute Gasteiger partial charge is 0.454 e. The topological polar surface area (TPSA) is 64.1 Å². The predicted molar refractivity (Wildman–Crippen MR) is 114 cm³/mol. The normalized spacial score (nSPS) is 29.4. The van der Waals surface area contributed by atoms with E-state index in [0.29, 0.717) is 25.0 Å². The minimum Gasteiger partial charge on any atom is -0.454 e. The van der Waals surface area contributed by atoms with Crippen molar-refractivity contribution >= 4 is 29.9 Å². The highest BCUT2D eigenvalue weighted by atomic mass is 127. The summed E-state index contributed by atoms with van der Waals surface area (Å²) in [6.45, 7) is 4.09. The molecular formula is C20H28IN3O3. The van der Waals surface area contributed by atoms with Gasteiger partial charge in [0.15, 0.2) is 17.5 Å². The first-order chi connectivity index (χ1) is 12.8. The number of aliphatic imine (C=N–C) groups is 1. The van der Waals surface area contributed by atoms with E-state index >= 15 is 0 Å². The summed E-state index contributed by atoms with van der Waals surface area (Å²) in [4.78, 5) is 4.93. The average molecular weight is 485 g/mol. The van der Waals surface area contributed by atoms with Gasteiger partial charge >= 0.3 is 0 Å². The second-order valence-corrected chi connectivity index (χ2v) is 7.90. The molecule has 27 heavy (non-hydrogen) atoms.